The van der Waals surface area contributed by atoms with E-state index in [-0.39, 0.29) is 5.78 Å². The van der Waals surface area contributed by atoms with E-state index in [1.807, 2.05) is 23.6 Å². The summed E-state index contributed by atoms with van der Waals surface area (Å²) in [5, 5.41) is 10.7. The molecule has 0 aliphatic rings. The Morgan fingerprint density at radius 3 is 2.04 bits per heavy atom. The molecule has 1 N–H and O–H groups in total. The van der Waals surface area contributed by atoms with Gasteiger partial charge in [0.25, 0.3) is 6.47 Å². The van der Waals surface area contributed by atoms with E-state index in [1.165, 1.54) is 11.3 Å². The Kier molecular flexibility index (Phi) is 6.08. The number of ketones is 1. The second-order valence-corrected chi connectivity index (χ2v) is 5.31. The molecule has 4 nitrogen and oxygen atoms in total. The second-order valence-electron chi connectivity index (χ2n) is 4.38. The molecular formula is C18H14O4S. The first-order valence-corrected chi connectivity index (χ1v) is 7.61. The van der Waals surface area contributed by atoms with Crippen LogP contribution in [0.25, 0.3) is 0 Å². The summed E-state index contributed by atoms with van der Waals surface area (Å²) in [6.45, 7) is 0.355. The van der Waals surface area contributed by atoms with E-state index >= 15 is 0 Å². The molecule has 0 bridgehead atoms. The zero-order chi connectivity index (χ0) is 16.5. The van der Waals surface area contributed by atoms with E-state index in [4.69, 9.17) is 5.11 Å². The lowest BCUT2D eigenvalue weighted by Crippen LogP contribution is -2.00. The maximum absolute atomic E-state index is 12.0. The van der Waals surface area contributed by atoms with Crippen LogP contribution < -0.4 is 4.74 Å². The molecule has 0 amide bonds. The van der Waals surface area contributed by atoms with Gasteiger partial charge in [0.05, 0.1) is 0 Å². The smallest absolute Gasteiger partial charge is 0.298 e. The molecule has 0 saturated heterocycles. The molecule has 0 radical (unpaired) electrons. The highest BCUT2D eigenvalue weighted by Crippen LogP contribution is 2.15. The Labute approximate surface area is 137 Å². The van der Waals surface area contributed by atoms with Crippen LogP contribution in [0.2, 0.25) is 0 Å². The van der Waals surface area contributed by atoms with E-state index in [9.17, 15) is 9.59 Å². The van der Waals surface area contributed by atoms with Gasteiger partial charge in [0, 0.05) is 11.1 Å². The number of carbonyl (C=O) groups is 2. The van der Waals surface area contributed by atoms with Crippen molar-refractivity contribution < 1.29 is 19.4 Å². The lowest BCUT2D eigenvalue weighted by molar-refractivity contribution is -0.120. The Morgan fingerprint density at radius 1 is 0.913 bits per heavy atom. The standard InChI is InChI=1S/C14H10O3.C4H4OS/c15-10-17-13-8-6-12(7-9-13)14(16)11-4-2-1-3-5-11;5-4-2-1-3-6-4/h1-10H;1-3,5H. The van der Waals surface area contributed by atoms with Gasteiger partial charge >= 0.3 is 0 Å². The number of rotatable bonds is 4. The van der Waals surface area contributed by atoms with Gasteiger partial charge in [-0.15, -0.1) is 11.3 Å². The van der Waals surface area contributed by atoms with Crippen molar-refractivity contribution in [3.63, 3.8) is 0 Å². The quantitative estimate of drug-likeness (QED) is 0.583. The molecule has 1 heterocycles. The molecule has 1 aromatic heterocycles. The molecule has 0 aliphatic carbocycles. The van der Waals surface area contributed by atoms with Crippen LogP contribution in [0.1, 0.15) is 15.9 Å². The largest absolute Gasteiger partial charge is 0.499 e. The summed E-state index contributed by atoms with van der Waals surface area (Å²) in [5.74, 6) is 0.368. The zero-order valence-electron chi connectivity index (χ0n) is 12.1. The zero-order valence-corrected chi connectivity index (χ0v) is 12.9. The fourth-order valence-corrected chi connectivity index (χ4v) is 2.22. The molecule has 2 aromatic carbocycles. The van der Waals surface area contributed by atoms with Crippen molar-refractivity contribution in [3.8, 4) is 10.8 Å². The Hall–Kier alpha value is -2.92. The molecule has 23 heavy (non-hydrogen) atoms. The maximum atomic E-state index is 12.0. The van der Waals surface area contributed by atoms with Crippen molar-refractivity contribution in [2.24, 2.45) is 0 Å². The highest BCUT2D eigenvalue weighted by atomic mass is 32.1. The lowest BCUT2D eigenvalue weighted by Gasteiger charge is -2.02. The summed E-state index contributed by atoms with van der Waals surface area (Å²) < 4.78 is 4.65. The van der Waals surface area contributed by atoms with Crippen LogP contribution in [0.5, 0.6) is 10.8 Å². The number of hydrogen-bond acceptors (Lipinski definition) is 5. The van der Waals surface area contributed by atoms with Gasteiger partial charge in [-0.05, 0) is 41.8 Å². The van der Waals surface area contributed by atoms with Crippen molar-refractivity contribution in [3.05, 3.63) is 83.2 Å². The van der Waals surface area contributed by atoms with Gasteiger partial charge in [0.15, 0.2) is 10.8 Å². The van der Waals surface area contributed by atoms with E-state index < -0.39 is 0 Å². The minimum absolute atomic E-state index is 0.0525. The summed E-state index contributed by atoms with van der Waals surface area (Å²) in [6.07, 6.45) is 0. The Morgan fingerprint density at radius 2 is 1.57 bits per heavy atom. The van der Waals surface area contributed by atoms with E-state index in [0.29, 0.717) is 28.4 Å². The summed E-state index contributed by atoms with van der Waals surface area (Å²) in [4.78, 5) is 22.1. The summed E-state index contributed by atoms with van der Waals surface area (Å²) in [5.41, 5.74) is 1.20. The van der Waals surface area contributed by atoms with Crippen molar-refractivity contribution >= 4 is 23.6 Å². The molecule has 0 aliphatic heterocycles. The SMILES string of the molecule is O=COc1ccc(C(=O)c2ccccc2)cc1.Oc1cccs1. The van der Waals surface area contributed by atoms with Crippen LogP contribution in [0, 0.1) is 0 Å². The highest BCUT2D eigenvalue weighted by molar-refractivity contribution is 7.11. The summed E-state index contributed by atoms with van der Waals surface area (Å²) >= 11 is 1.33. The number of carbonyl (C=O) groups excluding carboxylic acids is 2. The maximum Gasteiger partial charge on any atom is 0.298 e. The van der Waals surface area contributed by atoms with Crippen LogP contribution in [0.4, 0.5) is 0 Å². The minimum atomic E-state index is -0.0525. The molecule has 116 valence electrons. The van der Waals surface area contributed by atoms with Crippen molar-refractivity contribution in [2.75, 3.05) is 0 Å². The highest BCUT2D eigenvalue weighted by Gasteiger charge is 2.07. The molecule has 0 fully saturated rings. The van der Waals surface area contributed by atoms with Gasteiger partial charge in [-0.2, -0.15) is 0 Å². The van der Waals surface area contributed by atoms with E-state index in [2.05, 4.69) is 4.74 Å². The first-order valence-electron chi connectivity index (χ1n) is 6.73. The Bertz CT molecular complexity index is 734. The Balaban J connectivity index is 0.000000268. The average Bonchev–Trinajstić information content (AvgIpc) is 3.08. The second kappa shape index (κ2) is 8.51. The van der Waals surface area contributed by atoms with Crippen LogP contribution in [-0.2, 0) is 4.79 Å². The lowest BCUT2D eigenvalue weighted by atomic mass is 10.0. The third-order valence-corrected chi connectivity index (χ3v) is 3.51. The fraction of sp³-hybridized carbons (Fsp3) is 0. The molecule has 0 unspecified atom stereocenters. The van der Waals surface area contributed by atoms with E-state index in [1.54, 1.807) is 48.5 Å². The molecule has 0 spiro atoms. The number of ether oxygens (including phenoxy) is 1. The predicted octanol–water partition coefficient (Wildman–Crippen LogP) is 3.91. The monoisotopic (exact) mass is 326 g/mol. The molecule has 0 atom stereocenters. The van der Waals surface area contributed by atoms with Gasteiger partial charge in [0.1, 0.15) is 5.75 Å². The minimum Gasteiger partial charge on any atom is -0.499 e. The molecule has 0 saturated carbocycles. The summed E-state index contributed by atoms with van der Waals surface area (Å²) in [7, 11) is 0. The third-order valence-electron chi connectivity index (χ3n) is 2.84. The predicted molar refractivity (Wildman–Crippen MR) is 89.0 cm³/mol. The van der Waals surface area contributed by atoms with Gasteiger partial charge in [-0.25, -0.2) is 0 Å². The molecule has 3 rings (SSSR count). The van der Waals surface area contributed by atoms with Crippen molar-refractivity contribution in [1.82, 2.24) is 0 Å². The molecule has 3 aromatic rings. The number of hydrogen-bond donors (Lipinski definition) is 1. The van der Waals surface area contributed by atoms with Crippen molar-refractivity contribution in [1.29, 1.82) is 0 Å². The fourth-order valence-electron chi connectivity index (χ4n) is 1.77. The number of thiophene rings is 1. The van der Waals surface area contributed by atoms with Crippen LogP contribution in [0.3, 0.4) is 0 Å². The number of aromatic hydroxyl groups is 1. The van der Waals surface area contributed by atoms with E-state index in [0.717, 1.165) is 0 Å². The van der Waals surface area contributed by atoms with Gasteiger partial charge in [-0.1, -0.05) is 30.3 Å². The van der Waals surface area contributed by atoms with Gasteiger partial charge in [0.2, 0.25) is 0 Å². The topological polar surface area (TPSA) is 63.6 Å². The molecular weight excluding hydrogens is 312 g/mol. The molecule has 5 heteroatoms. The van der Waals surface area contributed by atoms with Gasteiger partial charge in [-0.3, -0.25) is 9.59 Å². The van der Waals surface area contributed by atoms with Crippen LogP contribution in [0.15, 0.2) is 72.1 Å². The van der Waals surface area contributed by atoms with Crippen LogP contribution in [-0.4, -0.2) is 17.4 Å². The number of benzene rings is 2. The first kappa shape index (κ1) is 16.5. The normalized spacial score (nSPS) is 9.39. The third kappa shape index (κ3) is 5.09. The van der Waals surface area contributed by atoms with Crippen molar-refractivity contribution in [2.45, 2.75) is 0 Å². The first-order chi connectivity index (χ1) is 11.2. The van der Waals surface area contributed by atoms with Crippen LogP contribution >= 0.6 is 11.3 Å². The van der Waals surface area contributed by atoms with Gasteiger partial charge < -0.3 is 9.84 Å². The summed E-state index contributed by atoms with van der Waals surface area (Å²) in [6, 6.07) is 18.9. The average molecular weight is 326 g/mol.